The van der Waals surface area contributed by atoms with Crippen molar-refractivity contribution in [2.75, 3.05) is 32.3 Å². The maximum absolute atomic E-state index is 11.7. The molecular formula is C14H24N2O3S. The molecule has 0 bridgehead atoms. The van der Waals surface area contributed by atoms with Crippen molar-refractivity contribution in [2.24, 2.45) is 0 Å². The van der Waals surface area contributed by atoms with E-state index in [0.29, 0.717) is 18.3 Å². The minimum atomic E-state index is -0.374. The smallest absolute Gasteiger partial charge is 0.357 e. The summed E-state index contributed by atoms with van der Waals surface area (Å²) in [6.45, 7) is 7.64. The molecule has 0 unspecified atom stereocenters. The Hall–Kier alpha value is -1.14. The number of carbonyl (C=O) groups is 1. The number of carbonyl (C=O) groups excluding carboxylic acids is 1. The number of anilines is 1. The quantitative estimate of drug-likeness (QED) is 0.691. The van der Waals surface area contributed by atoms with Crippen LogP contribution in [0.15, 0.2) is 0 Å². The minimum absolute atomic E-state index is 0.374. The Kier molecular flexibility index (Phi) is 6.95. The van der Waals surface area contributed by atoms with Crippen LogP contribution in [0.4, 0.5) is 5.13 Å². The van der Waals surface area contributed by atoms with Gasteiger partial charge in [-0.3, -0.25) is 0 Å². The average molecular weight is 300 g/mol. The third-order valence-corrected chi connectivity index (χ3v) is 4.34. The summed E-state index contributed by atoms with van der Waals surface area (Å²) in [5.74, 6) is -0.374. The molecular weight excluding hydrogens is 276 g/mol. The maximum atomic E-state index is 11.7. The van der Waals surface area contributed by atoms with Crippen molar-refractivity contribution in [3.8, 4) is 0 Å². The van der Waals surface area contributed by atoms with Crippen LogP contribution in [-0.4, -0.2) is 44.4 Å². The number of methoxy groups -OCH3 is 2. The van der Waals surface area contributed by atoms with Gasteiger partial charge in [-0.05, 0) is 19.8 Å². The van der Waals surface area contributed by atoms with E-state index in [1.54, 1.807) is 7.11 Å². The molecule has 6 heteroatoms. The van der Waals surface area contributed by atoms with Gasteiger partial charge < -0.3 is 14.4 Å². The molecule has 0 aliphatic heterocycles. The standard InChI is InChI=1S/C14H24N2O3S/c1-6-11(7-2)16(8-9-18-4)14-15-12(10(3)20-14)13(17)19-5/h11H,6-9H2,1-5H3. The first-order valence-electron chi connectivity index (χ1n) is 6.90. The number of hydrogen-bond acceptors (Lipinski definition) is 6. The van der Waals surface area contributed by atoms with Crippen LogP contribution >= 0.6 is 11.3 Å². The molecule has 0 spiro atoms. The van der Waals surface area contributed by atoms with E-state index >= 15 is 0 Å². The fourth-order valence-electron chi connectivity index (χ4n) is 2.14. The van der Waals surface area contributed by atoms with Gasteiger partial charge in [0, 0.05) is 24.6 Å². The van der Waals surface area contributed by atoms with Crippen LogP contribution in [0.5, 0.6) is 0 Å². The Morgan fingerprint density at radius 3 is 2.50 bits per heavy atom. The summed E-state index contributed by atoms with van der Waals surface area (Å²) in [6, 6.07) is 0.404. The summed E-state index contributed by atoms with van der Waals surface area (Å²) in [4.78, 5) is 19.3. The predicted molar refractivity (Wildman–Crippen MR) is 81.8 cm³/mol. The van der Waals surface area contributed by atoms with Crippen LogP contribution in [-0.2, 0) is 9.47 Å². The van der Waals surface area contributed by atoms with Gasteiger partial charge in [0.05, 0.1) is 13.7 Å². The number of aryl methyl sites for hydroxylation is 1. The molecule has 5 nitrogen and oxygen atoms in total. The highest BCUT2D eigenvalue weighted by Crippen LogP contribution is 2.29. The van der Waals surface area contributed by atoms with Crippen LogP contribution in [0.2, 0.25) is 0 Å². The number of hydrogen-bond donors (Lipinski definition) is 0. The topological polar surface area (TPSA) is 51.7 Å². The van der Waals surface area contributed by atoms with Gasteiger partial charge in [0.1, 0.15) is 0 Å². The second-order valence-electron chi connectivity index (χ2n) is 4.55. The molecule has 0 fully saturated rings. The van der Waals surface area contributed by atoms with Gasteiger partial charge >= 0.3 is 5.97 Å². The Morgan fingerprint density at radius 1 is 1.35 bits per heavy atom. The second kappa shape index (κ2) is 8.21. The fourth-order valence-corrected chi connectivity index (χ4v) is 3.14. The van der Waals surface area contributed by atoms with Crippen molar-refractivity contribution in [3.05, 3.63) is 10.6 Å². The molecule has 0 saturated carbocycles. The first-order valence-corrected chi connectivity index (χ1v) is 7.71. The van der Waals surface area contributed by atoms with Crippen molar-refractivity contribution in [1.29, 1.82) is 0 Å². The summed E-state index contributed by atoms with van der Waals surface area (Å²) in [6.07, 6.45) is 2.07. The summed E-state index contributed by atoms with van der Waals surface area (Å²) in [7, 11) is 3.07. The normalized spacial score (nSPS) is 10.9. The zero-order chi connectivity index (χ0) is 15.1. The molecule has 1 heterocycles. The van der Waals surface area contributed by atoms with Crippen molar-refractivity contribution in [1.82, 2.24) is 4.98 Å². The summed E-state index contributed by atoms with van der Waals surface area (Å²) >= 11 is 1.53. The highest BCUT2D eigenvalue weighted by atomic mass is 32.1. The molecule has 0 aromatic carbocycles. The second-order valence-corrected chi connectivity index (χ2v) is 5.73. The molecule has 1 rings (SSSR count). The predicted octanol–water partition coefficient (Wildman–Crippen LogP) is 2.88. The van der Waals surface area contributed by atoms with Crippen LogP contribution in [0.25, 0.3) is 0 Å². The molecule has 0 N–H and O–H groups in total. The van der Waals surface area contributed by atoms with Gasteiger partial charge in [0.15, 0.2) is 10.8 Å². The van der Waals surface area contributed by atoms with Crippen molar-refractivity contribution in [2.45, 2.75) is 39.7 Å². The summed E-state index contributed by atoms with van der Waals surface area (Å²) < 4.78 is 9.95. The van der Waals surface area contributed by atoms with Gasteiger partial charge in [0.25, 0.3) is 0 Å². The lowest BCUT2D eigenvalue weighted by Crippen LogP contribution is -2.37. The zero-order valence-electron chi connectivity index (χ0n) is 12.9. The fraction of sp³-hybridized carbons (Fsp3) is 0.714. The highest BCUT2D eigenvalue weighted by Gasteiger charge is 2.23. The zero-order valence-corrected chi connectivity index (χ0v) is 13.7. The monoisotopic (exact) mass is 300 g/mol. The van der Waals surface area contributed by atoms with Gasteiger partial charge in [-0.2, -0.15) is 0 Å². The number of aromatic nitrogens is 1. The lowest BCUT2D eigenvalue weighted by Gasteiger charge is -2.29. The Bertz CT molecular complexity index is 430. The lowest BCUT2D eigenvalue weighted by molar-refractivity contribution is 0.0594. The Labute approximate surface area is 124 Å². The van der Waals surface area contributed by atoms with Crippen LogP contribution in [0, 0.1) is 6.92 Å². The highest BCUT2D eigenvalue weighted by molar-refractivity contribution is 7.15. The molecule has 0 amide bonds. The van der Waals surface area contributed by atoms with Crippen LogP contribution < -0.4 is 4.90 Å². The third-order valence-electron chi connectivity index (χ3n) is 3.33. The number of rotatable bonds is 8. The summed E-state index contributed by atoms with van der Waals surface area (Å²) in [5.41, 5.74) is 0.417. The van der Waals surface area contributed by atoms with E-state index in [4.69, 9.17) is 9.47 Å². The number of ether oxygens (including phenoxy) is 2. The molecule has 0 atom stereocenters. The average Bonchev–Trinajstić information content (AvgIpc) is 2.84. The van der Waals surface area contributed by atoms with E-state index in [-0.39, 0.29) is 5.97 Å². The van der Waals surface area contributed by atoms with Gasteiger partial charge in [-0.1, -0.05) is 13.8 Å². The van der Waals surface area contributed by atoms with Crippen molar-refractivity contribution < 1.29 is 14.3 Å². The van der Waals surface area contributed by atoms with Gasteiger partial charge in [-0.15, -0.1) is 11.3 Å². The third kappa shape index (κ3) is 3.93. The molecule has 0 radical (unpaired) electrons. The SMILES string of the molecule is CCC(CC)N(CCOC)c1nc(C(=O)OC)c(C)s1. The van der Waals surface area contributed by atoms with E-state index in [2.05, 4.69) is 23.7 Å². The molecule has 1 aromatic rings. The molecule has 0 aliphatic carbocycles. The number of thiazole rings is 1. The van der Waals surface area contributed by atoms with Gasteiger partial charge in [-0.25, -0.2) is 9.78 Å². The van der Waals surface area contributed by atoms with E-state index in [9.17, 15) is 4.79 Å². The maximum Gasteiger partial charge on any atom is 0.357 e. The Morgan fingerprint density at radius 2 is 2.00 bits per heavy atom. The largest absolute Gasteiger partial charge is 0.464 e. The summed E-state index contributed by atoms with van der Waals surface area (Å²) in [5, 5.41) is 0.869. The Balaban J connectivity index is 3.04. The molecule has 0 saturated heterocycles. The molecule has 114 valence electrons. The minimum Gasteiger partial charge on any atom is -0.464 e. The number of nitrogens with zero attached hydrogens (tertiary/aromatic N) is 2. The van der Waals surface area contributed by atoms with E-state index in [1.165, 1.54) is 18.4 Å². The first kappa shape index (κ1) is 16.9. The lowest BCUT2D eigenvalue weighted by atomic mass is 10.1. The van der Waals surface area contributed by atoms with Crippen LogP contribution in [0.3, 0.4) is 0 Å². The molecule has 1 aromatic heterocycles. The van der Waals surface area contributed by atoms with E-state index in [0.717, 1.165) is 29.4 Å². The van der Waals surface area contributed by atoms with Gasteiger partial charge in [0.2, 0.25) is 0 Å². The van der Waals surface area contributed by atoms with Crippen LogP contribution in [0.1, 0.15) is 42.1 Å². The van der Waals surface area contributed by atoms with E-state index in [1.807, 2.05) is 6.92 Å². The van der Waals surface area contributed by atoms with Crippen molar-refractivity contribution >= 4 is 22.4 Å². The first-order chi connectivity index (χ1) is 9.58. The van der Waals surface area contributed by atoms with Crippen molar-refractivity contribution in [3.63, 3.8) is 0 Å². The number of esters is 1. The van der Waals surface area contributed by atoms with E-state index < -0.39 is 0 Å². The molecule has 0 aliphatic rings. The molecule has 20 heavy (non-hydrogen) atoms.